The van der Waals surface area contributed by atoms with Crippen LogP contribution in [-0.2, 0) is 15.8 Å². The minimum absolute atomic E-state index is 0.201. The maximum Gasteiger partial charge on any atom is 0.418 e. The molecule has 0 amide bonds. The molecule has 0 fully saturated rings. The molecule has 0 atom stereocenters. The lowest BCUT2D eigenvalue weighted by Gasteiger charge is -2.30. The molecule has 0 bridgehead atoms. The van der Waals surface area contributed by atoms with Gasteiger partial charge in [-0.3, -0.25) is 0 Å². The maximum absolute atomic E-state index is 13.9. The summed E-state index contributed by atoms with van der Waals surface area (Å²) in [5, 5.41) is 37.2. The fourth-order valence-corrected chi connectivity index (χ4v) is 3.30. The first-order chi connectivity index (χ1) is 13.9. The summed E-state index contributed by atoms with van der Waals surface area (Å²) in [5.74, 6) is -9.57. The van der Waals surface area contributed by atoms with Crippen molar-refractivity contribution < 1.29 is 57.5 Å². The van der Waals surface area contributed by atoms with Crippen LogP contribution in [0.15, 0.2) is 35.1 Å². The lowest BCUT2D eigenvalue weighted by Crippen LogP contribution is -2.27. The summed E-state index contributed by atoms with van der Waals surface area (Å²) >= 11 is 0. The molecule has 0 radical (unpaired) electrons. The van der Waals surface area contributed by atoms with Gasteiger partial charge in [0, 0.05) is 11.1 Å². The van der Waals surface area contributed by atoms with E-state index in [-0.39, 0.29) is 6.42 Å². The Morgan fingerprint density at radius 1 is 0.900 bits per heavy atom. The van der Waals surface area contributed by atoms with Gasteiger partial charge < -0.3 is 25.2 Å². The molecule has 30 heavy (non-hydrogen) atoms. The Balaban J connectivity index is 2.51. The molecular weight excluding hydrogens is 417 g/mol. The van der Waals surface area contributed by atoms with E-state index in [2.05, 4.69) is 0 Å². The number of carboxylic acid groups (broad SMARTS) is 4. The highest BCUT2D eigenvalue weighted by molar-refractivity contribution is 6.11. The molecule has 1 heterocycles. The van der Waals surface area contributed by atoms with Crippen LogP contribution in [0.5, 0.6) is 5.75 Å². The van der Waals surface area contributed by atoms with Crippen LogP contribution in [0.2, 0.25) is 0 Å². The topological polar surface area (TPSA) is 158 Å². The van der Waals surface area contributed by atoms with Gasteiger partial charge in [-0.05, 0) is 18.1 Å². The Kier molecular flexibility index (Phi) is 4.65. The predicted octanol–water partition coefficient (Wildman–Crippen LogP) is 2.63. The number of rotatable bonds is 4. The van der Waals surface area contributed by atoms with Crippen LogP contribution in [0, 0.1) is 0 Å². The number of halogens is 3. The second-order valence-corrected chi connectivity index (χ2v) is 6.04. The van der Waals surface area contributed by atoms with Crippen LogP contribution in [0.1, 0.15) is 38.3 Å². The molecule has 2 aliphatic rings. The zero-order chi connectivity index (χ0) is 22.5. The van der Waals surface area contributed by atoms with Gasteiger partial charge in [-0.2, -0.15) is 13.2 Å². The number of ether oxygens (including phenoxy) is 1. The van der Waals surface area contributed by atoms with E-state index in [1.165, 1.54) is 0 Å². The van der Waals surface area contributed by atoms with Crippen molar-refractivity contribution in [2.24, 2.45) is 0 Å². The second kappa shape index (κ2) is 6.76. The standard InChI is InChI=1S/C18H9F3O9/c19-18(20,21)12-10-5-2-1-3-6(14(22)23)9(5)13(17(28)29)30-8(10)4-7(15(24)25)11(12)16(26)27/h2-4H,1H2,(H,22,23)(H,24,25)(H,26,27)(H,28,29). The highest BCUT2D eigenvalue weighted by atomic mass is 19.4. The zero-order valence-corrected chi connectivity index (χ0v) is 14.4. The van der Waals surface area contributed by atoms with Crippen molar-refractivity contribution >= 4 is 29.5 Å². The minimum Gasteiger partial charge on any atom is -0.478 e. The molecule has 4 N–H and O–H groups in total. The van der Waals surface area contributed by atoms with E-state index in [0.29, 0.717) is 6.07 Å². The van der Waals surface area contributed by atoms with Gasteiger partial charge in [0.15, 0.2) is 0 Å². The minimum atomic E-state index is -5.40. The van der Waals surface area contributed by atoms with Gasteiger partial charge in [0.05, 0.1) is 22.3 Å². The van der Waals surface area contributed by atoms with E-state index in [9.17, 15) is 52.8 Å². The first kappa shape index (κ1) is 20.6. The molecule has 1 aromatic carbocycles. The summed E-state index contributed by atoms with van der Waals surface area (Å²) < 4.78 is 46.7. The van der Waals surface area contributed by atoms with Gasteiger partial charge in [0.25, 0.3) is 0 Å². The number of fused-ring (bicyclic) bond motifs is 3. The van der Waals surface area contributed by atoms with Crippen LogP contribution in [0.25, 0.3) is 5.57 Å². The van der Waals surface area contributed by atoms with Crippen molar-refractivity contribution in [2.75, 3.05) is 0 Å². The molecule has 1 aliphatic carbocycles. The lowest BCUT2D eigenvalue weighted by atomic mass is 9.80. The van der Waals surface area contributed by atoms with Crippen LogP contribution in [-0.4, -0.2) is 44.3 Å². The van der Waals surface area contributed by atoms with Crippen molar-refractivity contribution in [2.45, 2.75) is 12.6 Å². The Hall–Kier alpha value is -4.09. The maximum atomic E-state index is 13.9. The molecule has 0 spiro atoms. The summed E-state index contributed by atoms with van der Waals surface area (Å²) in [6.45, 7) is 0. The number of allylic oxidation sites excluding steroid dienone is 3. The smallest absolute Gasteiger partial charge is 0.418 e. The number of aromatic carboxylic acids is 2. The monoisotopic (exact) mass is 426 g/mol. The molecule has 0 unspecified atom stereocenters. The van der Waals surface area contributed by atoms with Gasteiger partial charge in [-0.15, -0.1) is 0 Å². The van der Waals surface area contributed by atoms with Crippen molar-refractivity contribution in [3.8, 4) is 5.75 Å². The zero-order valence-electron chi connectivity index (χ0n) is 14.4. The number of aliphatic carboxylic acids is 2. The molecule has 1 aromatic rings. The van der Waals surface area contributed by atoms with Gasteiger partial charge in [0.2, 0.25) is 5.76 Å². The van der Waals surface area contributed by atoms with Crippen LogP contribution >= 0.6 is 0 Å². The molecule has 0 saturated heterocycles. The average Bonchev–Trinajstić information content (AvgIpc) is 2.63. The molecule has 0 aromatic heterocycles. The quantitative estimate of drug-likeness (QED) is 0.568. The number of hydrogen-bond donors (Lipinski definition) is 4. The van der Waals surface area contributed by atoms with Crippen molar-refractivity contribution in [3.63, 3.8) is 0 Å². The largest absolute Gasteiger partial charge is 0.478 e. The molecular formula is C18H9F3O9. The van der Waals surface area contributed by atoms with E-state index in [1.54, 1.807) is 0 Å². The highest BCUT2D eigenvalue weighted by Gasteiger charge is 2.46. The number of carboxylic acids is 4. The molecule has 1 aliphatic heterocycles. The van der Waals surface area contributed by atoms with Crippen LogP contribution < -0.4 is 4.74 Å². The Morgan fingerprint density at radius 2 is 1.53 bits per heavy atom. The first-order valence-electron chi connectivity index (χ1n) is 7.91. The first-order valence-corrected chi connectivity index (χ1v) is 7.91. The molecule has 9 nitrogen and oxygen atoms in total. The molecule has 12 heteroatoms. The predicted molar refractivity (Wildman–Crippen MR) is 89.0 cm³/mol. The Morgan fingerprint density at radius 3 is 2.00 bits per heavy atom. The van der Waals surface area contributed by atoms with Crippen LogP contribution in [0.4, 0.5) is 13.2 Å². The number of alkyl halides is 3. The molecule has 3 rings (SSSR count). The van der Waals surface area contributed by atoms with E-state index in [4.69, 9.17) is 4.74 Å². The normalized spacial score (nSPS) is 15.3. The van der Waals surface area contributed by atoms with Crippen molar-refractivity contribution in [3.05, 3.63) is 57.4 Å². The van der Waals surface area contributed by atoms with Gasteiger partial charge in [0.1, 0.15) is 5.75 Å². The molecule has 156 valence electrons. The van der Waals surface area contributed by atoms with Gasteiger partial charge in [-0.25, -0.2) is 19.2 Å². The number of carbonyl (C=O) groups is 4. The van der Waals surface area contributed by atoms with Crippen molar-refractivity contribution in [1.29, 1.82) is 0 Å². The fourth-order valence-electron chi connectivity index (χ4n) is 3.30. The average molecular weight is 426 g/mol. The second-order valence-electron chi connectivity index (χ2n) is 6.04. The third-order valence-corrected chi connectivity index (χ3v) is 4.33. The summed E-state index contributed by atoms with van der Waals surface area (Å²) in [6, 6.07) is 0.468. The van der Waals surface area contributed by atoms with Crippen molar-refractivity contribution in [1.82, 2.24) is 0 Å². The highest BCUT2D eigenvalue weighted by Crippen LogP contribution is 2.51. The number of benzene rings is 1. The van der Waals surface area contributed by atoms with E-state index in [0.717, 1.165) is 12.2 Å². The summed E-state index contributed by atoms with van der Waals surface area (Å²) in [7, 11) is 0. The third-order valence-electron chi connectivity index (χ3n) is 4.33. The molecule has 0 saturated carbocycles. The Bertz CT molecular complexity index is 1140. The van der Waals surface area contributed by atoms with E-state index >= 15 is 0 Å². The van der Waals surface area contributed by atoms with Gasteiger partial charge in [-0.1, -0.05) is 12.2 Å². The SMILES string of the molecule is O=C(O)C1=CCC=C2C1=C(C(=O)O)Oc1cc(C(=O)O)c(C(=O)O)c(C(F)(F)F)c12. The fraction of sp³-hybridized carbons (Fsp3) is 0.111. The van der Waals surface area contributed by atoms with E-state index < -0.39 is 80.5 Å². The Labute approximate surface area is 163 Å². The lowest BCUT2D eigenvalue weighted by molar-refractivity contribution is -0.138. The van der Waals surface area contributed by atoms with Crippen LogP contribution in [0.3, 0.4) is 0 Å². The summed E-state index contributed by atoms with van der Waals surface area (Å²) in [4.78, 5) is 46.1. The third kappa shape index (κ3) is 3.07. The summed E-state index contributed by atoms with van der Waals surface area (Å²) in [5.41, 5.74) is -7.54. The van der Waals surface area contributed by atoms with Gasteiger partial charge >= 0.3 is 30.1 Å². The van der Waals surface area contributed by atoms with E-state index in [1.807, 2.05) is 0 Å². The summed E-state index contributed by atoms with van der Waals surface area (Å²) in [6.07, 6.45) is -3.47. The number of hydrogen-bond acceptors (Lipinski definition) is 5.